The normalized spacial score (nSPS) is 16.0. The lowest BCUT2D eigenvalue weighted by atomic mass is 9.91. The average Bonchev–Trinajstić information content (AvgIpc) is 2.87. The number of urea groups is 1. The number of hydrogen-bond acceptors (Lipinski definition) is 5. The number of rotatable bonds is 7. The topological polar surface area (TPSA) is 105 Å². The summed E-state index contributed by atoms with van der Waals surface area (Å²) in [6, 6.07) is 6.11. The summed E-state index contributed by atoms with van der Waals surface area (Å²) < 4.78 is 92.9. The molecule has 1 saturated heterocycles. The molecule has 0 saturated carbocycles. The molecule has 0 spiro atoms. The van der Waals surface area contributed by atoms with E-state index < -0.39 is 47.4 Å². The Bertz CT molecular complexity index is 1180. The highest BCUT2D eigenvalue weighted by Gasteiger charge is 2.71. The van der Waals surface area contributed by atoms with Crippen molar-refractivity contribution in [2.45, 2.75) is 37.5 Å². The summed E-state index contributed by atoms with van der Waals surface area (Å²) in [4.78, 5) is 27.9. The van der Waals surface area contributed by atoms with Crippen molar-refractivity contribution in [2.75, 3.05) is 38.0 Å². The van der Waals surface area contributed by atoms with E-state index in [4.69, 9.17) is 0 Å². The average molecular weight is 581 g/mol. The summed E-state index contributed by atoms with van der Waals surface area (Å²) in [6.45, 7) is 2.69. The highest BCUT2D eigenvalue weighted by molar-refractivity contribution is 5.95. The van der Waals surface area contributed by atoms with Crippen LogP contribution in [0.4, 0.5) is 41.2 Å². The molecule has 0 aliphatic carbocycles. The third-order valence-corrected chi connectivity index (χ3v) is 6.28. The molecule has 1 heterocycles. The van der Waals surface area contributed by atoms with Gasteiger partial charge in [-0.1, -0.05) is 24.3 Å². The first-order chi connectivity index (χ1) is 18.5. The molecule has 1 aliphatic rings. The fourth-order valence-electron chi connectivity index (χ4n) is 4.05. The molecule has 220 valence electrons. The Morgan fingerprint density at radius 3 is 2.02 bits per heavy atom. The van der Waals surface area contributed by atoms with Crippen molar-refractivity contribution in [1.82, 2.24) is 15.1 Å². The number of hydrogen-bond donors (Lipinski definition) is 4. The first-order valence-electron chi connectivity index (χ1n) is 12.0. The molecule has 2 aromatic rings. The van der Waals surface area contributed by atoms with Crippen molar-refractivity contribution in [3.8, 4) is 0 Å². The number of alkyl halides is 6. The smallest absolute Gasteiger partial charge is 0.392 e. The first kappa shape index (κ1) is 31.1. The van der Waals surface area contributed by atoms with Gasteiger partial charge in [0.05, 0.1) is 11.8 Å². The van der Waals surface area contributed by atoms with Crippen LogP contribution in [0.15, 0.2) is 42.5 Å². The van der Waals surface area contributed by atoms with Crippen molar-refractivity contribution < 1.29 is 50.5 Å². The van der Waals surface area contributed by atoms with Crippen LogP contribution in [0.2, 0.25) is 0 Å². The Labute approximate surface area is 224 Å². The second kappa shape index (κ2) is 12.0. The van der Waals surface area contributed by atoms with Crippen LogP contribution in [0, 0.1) is 5.82 Å². The minimum absolute atomic E-state index is 0.0401. The van der Waals surface area contributed by atoms with Crippen LogP contribution < -0.4 is 10.6 Å². The second-order valence-electron chi connectivity index (χ2n) is 9.35. The van der Waals surface area contributed by atoms with Crippen LogP contribution in [0.5, 0.6) is 0 Å². The molecule has 15 heteroatoms. The molecule has 4 N–H and O–H groups in total. The summed E-state index contributed by atoms with van der Waals surface area (Å²) in [5, 5.41) is 23.3. The highest BCUT2D eigenvalue weighted by atomic mass is 19.4. The number of aliphatic hydroxyl groups excluding tert-OH is 1. The predicted molar refractivity (Wildman–Crippen MR) is 129 cm³/mol. The van der Waals surface area contributed by atoms with E-state index in [0.29, 0.717) is 30.8 Å². The largest absolute Gasteiger partial charge is 0.430 e. The number of nitrogens with one attached hydrogen (secondary N) is 2. The van der Waals surface area contributed by atoms with Gasteiger partial charge in [0.1, 0.15) is 5.82 Å². The lowest BCUT2D eigenvalue weighted by Gasteiger charge is -2.35. The minimum Gasteiger partial charge on any atom is -0.392 e. The summed E-state index contributed by atoms with van der Waals surface area (Å²) >= 11 is 0. The van der Waals surface area contributed by atoms with Gasteiger partial charge in [-0.2, -0.15) is 26.3 Å². The van der Waals surface area contributed by atoms with E-state index in [9.17, 15) is 50.5 Å². The van der Waals surface area contributed by atoms with Crippen LogP contribution in [0.1, 0.15) is 28.4 Å². The first-order valence-corrected chi connectivity index (χ1v) is 12.0. The molecule has 0 aromatic heterocycles. The maximum atomic E-state index is 14.5. The fraction of sp³-hybridized carbons (Fsp3) is 0.440. The Morgan fingerprint density at radius 2 is 1.52 bits per heavy atom. The van der Waals surface area contributed by atoms with Gasteiger partial charge >= 0.3 is 18.4 Å². The van der Waals surface area contributed by atoms with Gasteiger partial charge < -0.3 is 25.7 Å². The zero-order valence-electron chi connectivity index (χ0n) is 21.1. The van der Waals surface area contributed by atoms with E-state index >= 15 is 0 Å². The maximum Gasteiger partial charge on any atom is 0.430 e. The number of amides is 3. The molecule has 1 aliphatic heterocycles. The van der Waals surface area contributed by atoms with Crippen LogP contribution in [-0.2, 0) is 12.1 Å². The van der Waals surface area contributed by atoms with Crippen molar-refractivity contribution in [2.24, 2.45) is 0 Å². The molecule has 8 nitrogen and oxygen atoms in total. The number of halogens is 7. The standard InChI is InChI=1S/C25H27F7N4O4/c1-15(37)13-33-22(39)34-20-7-4-17(12-19(20)26)21(38)36-10-8-35(9-11-36)14-16-2-5-18(6-3-16)23(40,24(27,28)29)25(30,31)32/h2-7,12,15,37,40H,8-11,13-14H2,1H3,(H2,33,34,39)/t15-/m0/s1. The number of benzene rings is 2. The molecule has 0 radical (unpaired) electrons. The van der Waals surface area contributed by atoms with Gasteiger partial charge in [-0.15, -0.1) is 0 Å². The molecular formula is C25H27F7N4O4. The predicted octanol–water partition coefficient (Wildman–Crippen LogP) is 3.60. The monoisotopic (exact) mass is 580 g/mol. The number of piperazine rings is 1. The van der Waals surface area contributed by atoms with E-state index in [-0.39, 0.29) is 37.4 Å². The van der Waals surface area contributed by atoms with Gasteiger partial charge in [0.15, 0.2) is 0 Å². The summed E-state index contributed by atoms with van der Waals surface area (Å²) in [5.74, 6) is -1.31. The van der Waals surface area contributed by atoms with Crippen molar-refractivity contribution >= 4 is 17.6 Å². The molecule has 2 aromatic carbocycles. The van der Waals surface area contributed by atoms with Crippen molar-refractivity contribution in [3.63, 3.8) is 0 Å². The molecule has 1 fully saturated rings. The molecule has 3 rings (SSSR count). The Morgan fingerprint density at radius 1 is 0.950 bits per heavy atom. The number of carbonyl (C=O) groups excluding carboxylic acids is 2. The molecule has 3 amide bonds. The third kappa shape index (κ3) is 7.01. The lowest BCUT2D eigenvalue weighted by molar-refractivity contribution is -0.376. The van der Waals surface area contributed by atoms with E-state index in [1.165, 1.54) is 24.0 Å². The second-order valence-corrected chi connectivity index (χ2v) is 9.35. The maximum absolute atomic E-state index is 14.5. The summed E-state index contributed by atoms with van der Waals surface area (Å²) in [5.41, 5.74) is -6.07. The fourth-order valence-corrected chi connectivity index (χ4v) is 4.05. The summed E-state index contributed by atoms with van der Waals surface area (Å²) in [7, 11) is 0. The molecule has 1 atom stereocenters. The van der Waals surface area contributed by atoms with Gasteiger partial charge in [-0.05, 0) is 30.7 Å². The number of carbonyl (C=O) groups is 2. The minimum atomic E-state index is -5.97. The zero-order chi connectivity index (χ0) is 29.9. The van der Waals surface area contributed by atoms with Gasteiger partial charge in [0.2, 0.25) is 0 Å². The van der Waals surface area contributed by atoms with Crippen LogP contribution >= 0.6 is 0 Å². The molecule has 40 heavy (non-hydrogen) atoms. The van der Waals surface area contributed by atoms with Crippen molar-refractivity contribution in [3.05, 3.63) is 65.0 Å². The van der Waals surface area contributed by atoms with E-state index in [2.05, 4.69) is 10.6 Å². The van der Waals surface area contributed by atoms with Gasteiger partial charge in [-0.25, -0.2) is 9.18 Å². The van der Waals surface area contributed by atoms with E-state index in [0.717, 1.165) is 18.2 Å². The SMILES string of the molecule is C[C@H](O)CNC(=O)Nc1ccc(C(=O)N2CCN(Cc3ccc(C(O)(C(F)(F)F)C(F)(F)F)cc3)CC2)cc1F. The number of nitrogens with zero attached hydrogens (tertiary/aromatic N) is 2. The molecular weight excluding hydrogens is 553 g/mol. The molecule has 0 unspecified atom stereocenters. The van der Waals surface area contributed by atoms with E-state index in [1.807, 2.05) is 4.90 Å². The van der Waals surface area contributed by atoms with Crippen LogP contribution in [0.25, 0.3) is 0 Å². The van der Waals surface area contributed by atoms with Gasteiger partial charge in [-0.3, -0.25) is 9.69 Å². The van der Waals surface area contributed by atoms with Crippen molar-refractivity contribution in [1.29, 1.82) is 0 Å². The van der Waals surface area contributed by atoms with Crippen LogP contribution in [0.3, 0.4) is 0 Å². The molecule has 0 bridgehead atoms. The number of anilines is 1. The summed E-state index contributed by atoms with van der Waals surface area (Å²) in [6.07, 6.45) is -12.7. The van der Waals surface area contributed by atoms with Gasteiger partial charge in [0.25, 0.3) is 11.5 Å². The number of aliphatic hydroxyl groups is 2. The Balaban J connectivity index is 1.57. The lowest BCUT2D eigenvalue weighted by Crippen LogP contribution is -2.53. The van der Waals surface area contributed by atoms with E-state index in [1.54, 1.807) is 0 Å². The van der Waals surface area contributed by atoms with Gasteiger partial charge in [0, 0.05) is 50.4 Å². The highest BCUT2D eigenvalue weighted by Crippen LogP contribution is 2.49. The van der Waals surface area contributed by atoms with Crippen LogP contribution in [-0.4, -0.2) is 83.1 Å². The zero-order valence-corrected chi connectivity index (χ0v) is 21.1. The third-order valence-electron chi connectivity index (χ3n) is 6.28. The quantitative estimate of drug-likeness (QED) is 0.375. The Hall–Kier alpha value is -3.43. The Kier molecular flexibility index (Phi) is 9.31.